The van der Waals surface area contributed by atoms with Crippen molar-refractivity contribution in [3.8, 4) is 0 Å². The molecule has 0 aromatic carbocycles. The normalized spacial score (nSPS) is 23.2. The summed E-state index contributed by atoms with van der Waals surface area (Å²) in [4.78, 5) is 29.0. The number of aromatic nitrogens is 1. The van der Waals surface area contributed by atoms with Gasteiger partial charge >= 0.3 is 5.97 Å². The predicted octanol–water partition coefficient (Wildman–Crippen LogP) is 2.03. The van der Waals surface area contributed by atoms with E-state index in [-0.39, 0.29) is 17.7 Å². The second-order valence-corrected chi connectivity index (χ2v) is 5.74. The zero-order valence-corrected chi connectivity index (χ0v) is 12.1. The third-order valence-corrected chi connectivity index (χ3v) is 3.93. The molecule has 1 amide bonds. The number of halogens is 1. The van der Waals surface area contributed by atoms with E-state index in [0.29, 0.717) is 25.2 Å². The maximum absolute atomic E-state index is 12.2. The van der Waals surface area contributed by atoms with Crippen LogP contribution in [0.1, 0.15) is 23.8 Å². The minimum Gasteiger partial charge on any atom is -0.481 e. The van der Waals surface area contributed by atoms with Gasteiger partial charge in [0.25, 0.3) is 5.91 Å². The number of carboxylic acids is 1. The number of aliphatic carboxylic acids is 1. The highest BCUT2D eigenvalue weighted by atomic mass is 79.9. The molecule has 102 valence electrons. The van der Waals surface area contributed by atoms with Crippen LogP contribution in [0, 0.1) is 11.8 Å². The Labute approximate surface area is 119 Å². The summed E-state index contributed by atoms with van der Waals surface area (Å²) in [5.41, 5.74) is 0.393. The molecule has 1 saturated heterocycles. The maximum atomic E-state index is 12.2. The smallest absolute Gasteiger partial charge is 0.306 e. The van der Waals surface area contributed by atoms with E-state index in [1.807, 2.05) is 6.92 Å². The van der Waals surface area contributed by atoms with Gasteiger partial charge in [0.15, 0.2) is 0 Å². The monoisotopic (exact) mass is 326 g/mol. The van der Waals surface area contributed by atoms with Gasteiger partial charge in [-0.05, 0) is 40.4 Å². The van der Waals surface area contributed by atoms with Gasteiger partial charge in [0.2, 0.25) is 0 Å². The molecule has 2 rings (SSSR count). The van der Waals surface area contributed by atoms with Crippen LogP contribution in [-0.4, -0.2) is 40.0 Å². The summed E-state index contributed by atoms with van der Waals surface area (Å²) >= 11 is 3.27. The van der Waals surface area contributed by atoms with Gasteiger partial charge in [-0.25, -0.2) is 4.98 Å². The van der Waals surface area contributed by atoms with Crippen LogP contribution < -0.4 is 0 Å². The van der Waals surface area contributed by atoms with Crippen LogP contribution in [-0.2, 0) is 4.79 Å². The van der Waals surface area contributed by atoms with Crippen molar-refractivity contribution in [2.75, 3.05) is 13.1 Å². The fourth-order valence-corrected chi connectivity index (χ4v) is 2.60. The molecule has 2 heterocycles. The van der Waals surface area contributed by atoms with E-state index >= 15 is 0 Å². The molecule has 2 atom stereocenters. The molecule has 0 saturated carbocycles. The van der Waals surface area contributed by atoms with Crippen molar-refractivity contribution in [3.05, 3.63) is 28.5 Å². The fourth-order valence-electron chi connectivity index (χ4n) is 2.36. The van der Waals surface area contributed by atoms with Gasteiger partial charge in [0.1, 0.15) is 5.69 Å². The van der Waals surface area contributed by atoms with Crippen molar-refractivity contribution >= 4 is 27.8 Å². The number of carbonyl (C=O) groups is 2. The maximum Gasteiger partial charge on any atom is 0.306 e. The molecule has 0 radical (unpaired) electrons. The molecule has 19 heavy (non-hydrogen) atoms. The van der Waals surface area contributed by atoms with Crippen molar-refractivity contribution in [1.82, 2.24) is 9.88 Å². The van der Waals surface area contributed by atoms with Gasteiger partial charge in [-0.15, -0.1) is 0 Å². The zero-order valence-electron chi connectivity index (χ0n) is 10.5. The molecular weight excluding hydrogens is 312 g/mol. The predicted molar refractivity (Wildman–Crippen MR) is 72.7 cm³/mol. The Morgan fingerprint density at radius 1 is 1.47 bits per heavy atom. The minimum atomic E-state index is -0.777. The van der Waals surface area contributed by atoms with Crippen LogP contribution in [0.25, 0.3) is 0 Å². The number of rotatable bonds is 2. The Morgan fingerprint density at radius 2 is 2.21 bits per heavy atom. The highest BCUT2D eigenvalue weighted by Crippen LogP contribution is 2.24. The van der Waals surface area contributed by atoms with E-state index in [0.717, 1.165) is 4.47 Å². The quantitative estimate of drug-likeness (QED) is 0.902. The number of hydrogen-bond donors (Lipinski definition) is 1. The summed E-state index contributed by atoms with van der Waals surface area (Å²) in [6.45, 7) is 2.80. The Morgan fingerprint density at radius 3 is 2.74 bits per heavy atom. The van der Waals surface area contributed by atoms with Crippen molar-refractivity contribution < 1.29 is 14.7 Å². The molecule has 0 aliphatic carbocycles. The first-order chi connectivity index (χ1) is 8.99. The molecule has 6 heteroatoms. The summed E-state index contributed by atoms with van der Waals surface area (Å²) in [6.07, 6.45) is 2.08. The van der Waals surface area contributed by atoms with Gasteiger partial charge in [-0.2, -0.15) is 0 Å². The van der Waals surface area contributed by atoms with E-state index in [4.69, 9.17) is 5.11 Å². The molecule has 0 bridgehead atoms. The third kappa shape index (κ3) is 3.12. The first kappa shape index (κ1) is 14.0. The average molecular weight is 327 g/mol. The van der Waals surface area contributed by atoms with Crippen molar-refractivity contribution in [1.29, 1.82) is 0 Å². The van der Waals surface area contributed by atoms with Crippen LogP contribution >= 0.6 is 15.9 Å². The second-order valence-electron chi connectivity index (χ2n) is 4.82. The third-order valence-electron chi connectivity index (χ3n) is 3.46. The number of carbonyl (C=O) groups excluding carboxylic acids is 1. The summed E-state index contributed by atoms with van der Waals surface area (Å²) in [7, 11) is 0. The van der Waals surface area contributed by atoms with Gasteiger partial charge in [0, 0.05) is 23.8 Å². The first-order valence-corrected chi connectivity index (χ1v) is 6.92. The average Bonchev–Trinajstić information content (AvgIpc) is 2.38. The molecule has 0 spiro atoms. The molecular formula is C13H15BrN2O3. The molecule has 1 aliphatic rings. The highest BCUT2D eigenvalue weighted by molar-refractivity contribution is 9.10. The van der Waals surface area contributed by atoms with Crippen LogP contribution in [0.5, 0.6) is 0 Å². The standard InChI is InChI=1S/C13H15BrN2O3/c1-8-7-16(5-4-10(8)13(18)19)12(17)11-3-2-9(14)6-15-11/h2-3,6,8,10H,4-5,7H2,1H3,(H,18,19). The minimum absolute atomic E-state index is 0.0364. The number of piperidine rings is 1. The molecule has 1 aliphatic heterocycles. The summed E-state index contributed by atoms with van der Waals surface area (Å²) in [6, 6.07) is 3.44. The van der Waals surface area contributed by atoms with Gasteiger partial charge in [-0.1, -0.05) is 6.92 Å². The lowest BCUT2D eigenvalue weighted by Crippen LogP contribution is -2.45. The van der Waals surface area contributed by atoms with Gasteiger partial charge in [-0.3, -0.25) is 9.59 Å². The number of amides is 1. The topological polar surface area (TPSA) is 70.5 Å². The van der Waals surface area contributed by atoms with E-state index in [9.17, 15) is 9.59 Å². The molecule has 5 nitrogen and oxygen atoms in total. The highest BCUT2D eigenvalue weighted by Gasteiger charge is 2.33. The van der Waals surface area contributed by atoms with E-state index < -0.39 is 5.97 Å². The summed E-state index contributed by atoms with van der Waals surface area (Å²) < 4.78 is 0.821. The van der Waals surface area contributed by atoms with Gasteiger partial charge in [0.05, 0.1) is 5.92 Å². The molecule has 1 N–H and O–H groups in total. The molecule has 1 aromatic heterocycles. The van der Waals surface area contributed by atoms with Gasteiger partial charge < -0.3 is 10.0 Å². The van der Waals surface area contributed by atoms with Crippen LogP contribution in [0.2, 0.25) is 0 Å². The lowest BCUT2D eigenvalue weighted by atomic mass is 9.87. The number of likely N-dealkylation sites (tertiary alicyclic amines) is 1. The summed E-state index contributed by atoms with van der Waals surface area (Å²) in [5, 5.41) is 9.06. The lowest BCUT2D eigenvalue weighted by molar-refractivity contribution is -0.145. The Balaban J connectivity index is 2.06. The zero-order chi connectivity index (χ0) is 14.0. The fraction of sp³-hybridized carbons (Fsp3) is 0.462. The number of carboxylic acid groups (broad SMARTS) is 1. The largest absolute Gasteiger partial charge is 0.481 e. The van der Waals surface area contributed by atoms with Crippen LogP contribution in [0.3, 0.4) is 0 Å². The number of pyridine rings is 1. The van der Waals surface area contributed by atoms with E-state index in [2.05, 4.69) is 20.9 Å². The molecule has 1 aromatic rings. The molecule has 1 fully saturated rings. The van der Waals surface area contributed by atoms with Crippen molar-refractivity contribution in [2.24, 2.45) is 11.8 Å². The Hall–Kier alpha value is -1.43. The van der Waals surface area contributed by atoms with E-state index in [1.54, 1.807) is 23.2 Å². The van der Waals surface area contributed by atoms with Crippen LogP contribution in [0.15, 0.2) is 22.8 Å². The van der Waals surface area contributed by atoms with E-state index in [1.165, 1.54) is 0 Å². The van der Waals surface area contributed by atoms with Crippen LogP contribution in [0.4, 0.5) is 0 Å². The number of hydrogen-bond acceptors (Lipinski definition) is 3. The molecule has 2 unspecified atom stereocenters. The Kier molecular flexibility index (Phi) is 4.19. The summed E-state index contributed by atoms with van der Waals surface area (Å²) in [5.74, 6) is -1.31. The van der Waals surface area contributed by atoms with Crippen molar-refractivity contribution in [3.63, 3.8) is 0 Å². The Bertz CT molecular complexity index is 489. The SMILES string of the molecule is CC1CN(C(=O)c2ccc(Br)cn2)CCC1C(=O)O. The number of nitrogens with zero attached hydrogens (tertiary/aromatic N) is 2. The second kappa shape index (κ2) is 5.69. The lowest BCUT2D eigenvalue weighted by Gasteiger charge is -2.34. The van der Waals surface area contributed by atoms with Crippen molar-refractivity contribution in [2.45, 2.75) is 13.3 Å². The first-order valence-electron chi connectivity index (χ1n) is 6.12.